The second kappa shape index (κ2) is 4.68. The first-order chi connectivity index (χ1) is 10.2. The van der Waals surface area contributed by atoms with Crippen LogP contribution in [0.3, 0.4) is 0 Å². The molecule has 2 aliphatic rings. The van der Waals surface area contributed by atoms with Gasteiger partial charge in [0.1, 0.15) is 12.1 Å². The monoisotopic (exact) mass is 286 g/mol. The van der Waals surface area contributed by atoms with Crippen LogP contribution >= 0.6 is 0 Å². The molecular formula is C14H18N6O. The molecule has 0 bridgehead atoms. The molecule has 110 valence electrons. The van der Waals surface area contributed by atoms with Crippen molar-refractivity contribution in [3.63, 3.8) is 0 Å². The van der Waals surface area contributed by atoms with Crippen LogP contribution in [0.15, 0.2) is 17.0 Å². The number of aromatic nitrogens is 4. The topological polar surface area (TPSA) is 71.2 Å². The van der Waals surface area contributed by atoms with Gasteiger partial charge in [0.05, 0.1) is 0 Å². The molecule has 7 heteroatoms. The van der Waals surface area contributed by atoms with Crippen molar-refractivity contribution in [3.8, 4) is 0 Å². The molecule has 2 aromatic rings. The fraction of sp³-hybridized carbons (Fsp3) is 0.571. The smallest absolute Gasteiger partial charge is 0.324 e. The van der Waals surface area contributed by atoms with Gasteiger partial charge in [-0.15, -0.1) is 0 Å². The van der Waals surface area contributed by atoms with Crippen LogP contribution in [0, 0.1) is 25.7 Å². The molecular weight excluding hydrogens is 268 g/mol. The quantitative estimate of drug-likeness (QED) is 0.817. The molecule has 2 atom stereocenters. The third kappa shape index (κ3) is 2.12. The van der Waals surface area contributed by atoms with E-state index in [0.717, 1.165) is 37.6 Å². The summed E-state index contributed by atoms with van der Waals surface area (Å²) in [5.41, 5.74) is 1.14. The van der Waals surface area contributed by atoms with E-state index in [9.17, 15) is 0 Å². The average molecular weight is 286 g/mol. The second-order valence-electron chi connectivity index (χ2n) is 5.98. The molecule has 0 aliphatic carbocycles. The Balaban J connectivity index is 1.47. The van der Waals surface area contributed by atoms with Gasteiger partial charge in [-0.1, -0.05) is 5.16 Å². The lowest BCUT2D eigenvalue weighted by atomic mass is 10.0. The number of hydrogen-bond donors (Lipinski definition) is 0. The third-order valence-electron chi connectivity index (χ3n) is 4.44. The van der Waals surface area contributed by atoms with Crippen molar-refractivity contribution in [2.75, 3.05) is 36.0 Å². The average Bonchev–Trinajstić information content (AvgIpc) is 3.12. The lowest BCUT2D eigenvalue weighted by molar-refractivity contribution is 0.411. The molecule has 0 saturated carbocycles. The minimum atomic E-state index is 0.631. The number of fused-ring (bicyclic) bond motifs is 1. The summed E-state index contributed by atoms with van der Waals surface area (Å²) in [6.07, 6.45) is 3.51. The molecule has 2 fully saturated rings. The Hall–Kier alpha value is -2.18. The minimum absolute atomic E-state index is 0.631. The van der Waals surface area contributed by atoms with Gasteiger partial charge in [0, 0.05) is 49.8 Å². The van der Waals surface area contributed by atoms with Crippen LogP contribution < -0.4 is 9.80 Å². The van der Waals surface area contributed by atoms with Gasteiger partial charge in [0.15, 0.2) is 5.82 Å². The van der Waals surface area contributed by atoms with E-state index in [-0.39, 0.29) is 0 Å². The molecule has 0 spiro atoms. The van der Waals surface area contributed by atoms with Gasteiger partial charge in [-0.3, -0.25) is 0 Å². The number of aryl methyl sites for hydroxylation is 2. The second-order valence-corrected chi connectivity index (χ2v) is 5.98. The molecule has 2 saturated heterocycles. The van der Waals surface area contributed by atoms with Crippen LogP contribution in [0.1, 0.15) is 11.4 Å². The van der Waals surface area contributed by atoms with Crippen molar-refractivity contribution >= 4 is 11.8 Å². The van der Waals surface area contributed by atoms with Crippen LogP contribution in [-0.2, 0) is 0 Å². The predicted octanol–water partition coefficient (Wildman–Crippen LogP) is 1.05. The summed E-state index contributed by atoms with van der Waals surface area (Å²) in [5.74, 6) is 3.03. The fourth-order valence-corrected chi connectivity index (χ4v) is 3.46. The highest BCUT2D eigenvalue weighted by atomic mass is 16.5. The number of hydrogen-bond acceptors (Lipinski definition) is 7. The van der Waals surface area contributed by atoms with Crippen molar-refractivity contribution in [2.24, 2.45) is 11.8 Å². The highest BCUT2D eigenvalue weighted by Gasteiger charge is 2.42. The van der Waals surface area contributed by atoms with Gasteiger partial charge >= 0.3 is 6.01 Å². The van der Waals surface area contributed by atoms with Crippen molar-refractivity contribution in [2.45, 2.75) is 13.8 Å². The zero-order valence-electron chi connectivity index (χ0n) is 12.2. The van der Waals surface area contributed by atoms with Gasteiger partial charge in [0.2, 0.25) is 0 Å². The van der Waals surface area contributed by atoms with E-state index >= 15 is 0 Å². The summed E-state index contributed by atoms with van der Waals surface area (Å²) in [6, 6.07) is 0.659. The molecule has 0 radical (unpaired) electrons. The van der Waals surface area contributed by atoms with E-state index in [1.807, 2.05) is 13.1 Å². The minimum Gasteiger partial charge on any atom is -0.356 e. The van der Waals surface area contributed by atoms with E-state index in [2.05, 4.69) is 36.8 Å². The Labute approximate surface area is 123 Å². The van der Waals surface area contributed by atoms with Crippen molar-refractivity contribution in [3.05, 3.63) is 23.9 Å². The summed E-state index contributed by atoms with van der Waals surface area (Å²) >= 11 is 0. The predicted molar refractivity (Wildman–Crippen MR) is 77.2 cm³/mol. The zero-order chi connectivity index (χ0) is 14.4. The summed E-state index contributed by atoms with van der Waals surface area (Å²) in [5, 5.41) is 3.87. The van der Waals surface area contributed by atoms with Crippen LogP contribution in [0.5, 0.6) is 0 Å². The molecule has 2 aromatic heterocycles. The van der Waals surface area contributed by atoms with Crippen LogP contribution in [0.2, 0.25) is 0 Å². The first kappa shape index (κ1) is 12.6. The molecule has 7 nitrogen and oxygen atoms in total. The van der Waals surface area contributed by atoms with E-state index in [4.69, 9.17) is 4.52 Å². The Kier molecular flexibility index (Phi) is 2.80. The molecule has 0 N–H and O–H groups in total. The Morgan fingerprint density at radius 3 is 2.43 bits per heavy atom. The van der Waals surface area contributed by atoms with Gasteiger partial charge in [-0.05, 0) is 13.8 Å². The number of anilines is 2. The largest absolute Gasteiger partial charge is 0.356 e. The highest BCUT2D eigenvalue weighted by Crippen LogP contribution is 2.35. The van der Waals surface area contributed by atoms with E-state index in [1.54, 1.807) is 6.33 Å². The first-order valence-electron chi connectivity index (χ1n) is 7.27. The summed E-state index contributed by atoms with van der Waals surface area (Å²) < 4.78 is 5.27. The van der Waals surface area contributed by atoms with Gasteiger partial charge in [-0.2, -0.15) is 4.98 Å². The Morgan fingerprint density at radius 1 is 1.10 bits per heavy atom. The molecule has 4 heterocycles. The third-order valence-corrected chi connectivity index (χ3v) is 4.44. The molecule has 2 aliphatic heterocycles. The van der Waals surface area contributed by atoms with Gasteiger partial charge in [-0.25, -0.2) is 9.97 Å². The van der Waals surface area contributed by atoms with E-state index in [1.165, 1.54) is 0 Å². The molecule has 2 unspecified atom stereocenters. The van der Waals surface area contributed by atoms with Crippen molar-refractivity contribution < 1.29 is 4.52 Å². The lowest BCUT2D eigenvalue weighted by Gasteiger charge is -2.22. The van der Waals surface area contributed by atoms with E-state index in [0.29, 0.717) is 23.7 Å². The highest BCUT2D eigenvalue weighted by molar-refractivity contribution is 5.47. The Morgan fingerprint density at radius 2 is 1.81 bits per heavy atom. The molecule has 0 aromatic carbocycles. The summed E-state index contributed by atoms with van der Waals surface area (Å²) in [7, 11) is 0. The van der Waals surface area contributed by atoms with Crippen molar-refractivity contribution in [1.82, 2.24) is 20.1 Å². The SMILES string of the molecule is Cc1noc(N2CC3CN(c4ncncc4C)CC3C2)n1. The Bertz CT molecular complexity index is 642. The van der Waals surface area contributed by atoms with E-state index < -0.39 is 0 Å². The van der Waals surface area contributed by atoms with Crippen LogP contribution in [0.25, 0.3) is 0 Å². The molecule has 0 amide bonds. The standard InChI is InChI=1S/C14H18N6O/c1-9-3-15-8-16-13(9)19-4-11-6-20(7-12(11)5-19)14-17-10(2)18-21-14/h3,8,11-12H,4-7H2,1-2H3. The summed E-state index contributed by atoms with van der Waals surface area (Å²) in [4.78, 5) is 17.4. The lowest BCUT2D eigenvalue weighted by Crippen LogP contribution is -2.29. The van der Waals surface area contributed by atoms with Crippen LogP contribution in [-0.4, -0.2) is 46.3 Å². The summed E-state index contributed by atoms with van der Waals surface area (Å²) in [6.45, 7) is 7.94. The van der Waals surface area contributed by atoms with Gasteiger partial charge in [0.25, 0.3) is 0 Å². The number of nitrogens with zero attached hydrogens (tertiary/aromatic N) is 6. The van der Waals surface area contributed by atoms with Gasteiger partial charge < -0.3 is 14.3 Å². The van der Waals surface area contributed by atoms with Crippen molar-refractivity contribution in [1.29, 1.82) is 0 Å². The maximum atomic E-state index is 5.27. The maximum Gasteiger partial charge on any atom is 0.324 e. The maximum absolute atomic E-state index is 5.27. The first-order valence-corrected chi connectivity index (χ1v) is 7.27. The molecule has 4 rings (SSSR count). The fourth-order valence-electron chi connectivity index (χ4n) is 3.46. The molecule has 21 heavy (non-hydrogen) atoms. The normalized spacial score (nSPS) is 24.7. The van der Waals surface area contributed by atoms with Crippen LogP contribution in [0.4, 0.5) is 11.8 Å². The zero-order valence-corrected chi connectivity index (χ0v) is 12.2. The number of rotatable bonds is 2.